The van der Waals surface area contributed by atoms with Crippen molar-refractivity contribution in [2.75, 3.05) is 19.0 Å². The highest BCUT2D eigenvalue weighted by Crippen LogP contribution is 2.53. The number of carbonyl (C=O) groups is 1. The molecule has 3 N–H and O–H groups in total. The highest BCUT2D eigenvalue weighted by atomic mass is 31.2. The Balaban J connectivity index is 1.63. The number of nitrogens with zero attached hydrogens (tertiary/aromatic N) is 4. The van der Waals surface area contributed by atoms with Gasteiger partial charge in [0, 0.05) is 7.05 Å². The first-order chi connectivity index (χ1) is 19.7. The van der Waals surface area contributed by atoms with Gasteiger partial charge in [0.15, 0.2) is 17.7 Å². The van der Waals surface area contributed by atoms with E-state index in [4.69, 9.17) is 18.5 Å². The van der Waals surface area contributed by atoms with Gasteiger partial charge < -0.3 is 24.4 Å². The van der Waals surface area contributed by atoms with Gasteiger partial charge in [-0.1, -0.05) is 18.2 Å². The Kier molecular flexibility index (Phi) is 9.08. The second kappa shape index (κ2) is 12.1. The van der Waals surface area contributed by atoms with E-state index < -0.39 is 62.7 Å². The highest BCUT2D eigenvalue weighted by molar-refractivity contribution is 7.52. The van der Waals surface area contributed by atoms with Gasteiger partial charge in [0.25, 0.3) is 5.67 Å². The van der Waals surface area contributed by atoms with Gasteiger partial charge in [-0.05, 0) is 32.9 Å². The first kappa shape index (κ1) is 31.6. The van der Waals surface area contributed by atoms with Crippen molar-refractivity contribution in [3.8, 4) is 5.75 Å². The number of fused-ring (bicyclic) bond motifs is 1. The second-order valence-electron chi connectivity index (χ2n) is 9.57. The van der Waals surface area contributed by atoms with E-state index in [9.17, 15) is 27.6 Å². The summed E-state index contributed by atoms with van der Waals surface area (Å²) in [6.45, 7) is 3.43. The molecule has 4 rings (SSSR count). The minimum atomic E-state index is -5.64. The Morgan fingerprint density at radius 1 is 1.21 bits per heavy atom. The summed E-state index contributed by atoms with van der Waals surface area (Å²) in [4.78, 5) is 24.1. The van der Waals surface area contributed by atoms with E-state index in [1.54, 1.807) is 32.0 Å². The second-order valence-corrected chi connectivity index (χ2v) is 11.3. The number of carbonyl (C=O) groups excluding carboxylic acids is 1. The van der Waals surface area contributed by atoms with Crippen LogP contribution in [0.5, 0.6) is 5.75 Å². The van der Waals surface area contributed by atoms with Crippen molar-refractivity contribution in [2.24, 2.45) is 0 Å². The molecular weight excluding hydrogens is 591 g/mol. The number of hydrogen-bond acceptors (Lipinski definition) is 11. The monoisotopic (exact) mass is 620 g/mol. The molecule has 1 saturated heterocycles. The molecule has 1 fully saturated rings. The van der Waals surface area contributed by atoms with E-state index in [-0.39, 0.29) is 22.7 Å². The molecule has 0 saturated carbocycles. The first-order valence-electron chi connectivity index (χ1n) is 12.6. The molecule has 3 heterocycles. The van der Waals surface area contributed by atoms with Crippen LogP contribution in [0.2, 0.25) is 0 Å². The molecule has 42 heavy (non-hydrogen) atoms. The predicted molar refractivity (Wildman–Crippen MR) is 139 cm³/mol. The fraction of sp³-hybridized carbons (Fsp3) is 0.500. The van der Waals surface area contributed by atoms with Gasteiger partial charge in [0.1, 0.15) is 35.8 Å². The summed E-state index contributed by atoms with van der Waals surface area (Å²) in [6.07, 6.45) is -11.6. The molecular formula is C24H29F4N6O7P. The number of anilines is 1. The zero-order valence-electron chi connectivity index (χ0n) is 22.8. The molecule has 6 atom stereocenters. The Morgan fingerprint density at radius 2 is 1.90 bits per heavy atom. The van der Waals surface area contributed by atoms with Crippen LogP contribution in [-0.2, 0) is 23.4 Å². The maximum atomic E-state index is 16.0. The number of aromatic nitrogens is 4. The molecule has 3 aromatic rings. The van der Waals surface area contributed by atoms with Crippen molar-refractivity contribution in [1.82, 2.24) is 24.6 Å². The average Bonchev–Trinajstić information content (AvgIpc) is 3.46. The van der Waals surface area contributed by atoms with Crippen LogP contribution in [0.1, 0.15) is 27.0 Å². The van der Waals surface area contributed by atoms with Crippen molar-refractivity contribution in [2.45, 2.75) is 63.2 Å². The van der Waals surface area contributed by atoms with Gasteiger partial charge in [-0.3, -0.25) is 13.9 Å². The summed E-state index contributed by atoms with van der Waals surface area (Å²) in [5.74, 6) is -0.648. The highest BCUT2D eigenvalue weighted by Gasteiger charge is 2.73. The molecule has 1 aliphatic rings. The van der Waals surface area contributed by atoms with E-state index in [1.165, 1.54) is 26.1 Å². The van der Waals surface area contributed by atoms with Crippen molar-refractivity contribution in [3.05, 3.63) is 43.0 Å². The van der Waals surface area contributed by atoms with Gasteiger partial charge in [-0.15, -0.1) is 0 Å². The van der Waals surface area contributed by atoms with Crippen LogP contribution in [0.3, 0.4) is 0 Å². The average molecular weight is 620 g/mol. The third kappa shape index (κ3) is 6.20. The number of rotatable bonds is 11. The Labute approximate surface area is 237 Å². The maximum Gasteiger partial charge on any atom is 0.459 e. The first-order valence-corrected chi connectivity index (χ1v) is 14.2. The van der Waals surface area contributed by atoms with E-state index in [0.29, 0.717) is 4.57 Å². The molecule has 0 radical (unpaired) electrons. The van der Waals surface area contributed by atoms with Gasteiger partial charge in [0.2, 0.25) is 0 Å². The Morgan fingerprint density at radius 3 is 2.52 bits per heavy atom. The van der Waals surface area contributed by atoms with Crippen molar-refractivity contribution in [1.29, 1.82) is 0 Å². The van der Waals surface area contributed by atoms with Crippen LogP contribution in [-0.4, -0.2) is 80.4 Å². The summed E-state index contributed by atoms with van der Waals surface area (Å²) in [6, 6.07) is 6.28. The van der Waals surface area contributed by atoms with Crippen LogP contribution < -0.4 is 14.9 Å². The number of nitrogens with one attached hydrogen (secondary N) is 2. The van der Waals surface area contributed by atoms with E-state index in [1.807, 2.05) is 0 Å². The van der Waals surface area contributed by atoms with Crippen LogP contribution >= 0.6 is 7.75 Å². The molecule has 1 aliphatic heterocycles. The van der Waals surface area contributed by atoms with Crippen LogP contribution in [0.4, 0.5) is 23.4 Å². The number of alkyl halides is 4. The molecule has 13 nitrogen and oxygen atoms in total. The van der Waals surface area contributed by atoms with Gasteiger partial charge in [-0.2, -0.15) is 18.3 Å². The molecule has 2 aromatic heterocycles. The summed E-state index contributed by atoms with van der Waals surface area (Å²) in [5, 5.41) is 15.7. The topological polar surface area (TPSA) is 159 Å². The van der Waals surface area contributed by atoms with Crippen LogP contribution in [0.25, 0.3) is 11.2 Å². The van der Waals surface area contributed by atoms with Crippen molar-refractivity contribution < 1.29 is 50.5 Å². The fourth-order valence-electron chi connectivity index (χ4n) is 4.17. The maximum absolute atomic E-state index is 16.0. The van der Waals surface area contributed by atoms with E-state index in [2.05, 4.69) is 25.4 Å². The number of para-hydroxylation sites is 1. The lowest BCUT2D eigenvalue weighted by Crippen LogP contribution is -2.54. The number of benzene rings is 1. The zero-order chi connectivity index (χ0) is 30.9. The molecule has 0 spiro atoms. The molecule has 0 bridgehead atoms. The minimum absolute atomic E-state index is 0.0172. The molecule has 0 amide bonds. The SMILES string of the molecule is CNc1ncnc2c1ncn2[C@@H]1O[C@H](CO[P@](=O)(N[C@H](C)C(=O)OC(C)C)Oc2ccccc2)[C@@H](O)[C@]1(F)C(F)(F)F. The van der Waals surface area contributed by atoms with E-state index >= 15 is 4.39 Å². The summed E-state index contributed by atoms with van der Waals surface area (Å²) in [7, 11) is -3.09. The lowest BCUT2D eigenvalue weighted by atomic mass is 9.95. The number of aliphatic hydroxyl groups excluding tert-OH is 1. The Bertz CT molecular complexity index is 1450. The number of esters is 1. The smallest absolute Gasteiger partial charge is 0.459 e. The number of imidazole rings is 1. The standard InChI is InChI=1S/C24H29F4N6O7P/c1-13(2)39-21(36)14(3)33-42(37,41-15-8-6-5-7-9-15)38-10-16-18(35)23(25,24(26,27)28)22(40-16)34-12-32-17-19(29-4)30-11-31-20(17)34/h5-9,11-14,16,18,22,35H,10H2,1-4H3,(H,33,37)(H,29,30,31)/t14-,16-,18-,22-,23-,42-/m1/s1. The minimum Gasteiger partial charge on any atom is -0.462 e. The molecule has 0 aliphatic carbocycles. The lowest BCUT2D eigenvalue weighted by Gasteiger charge is -2.31. The van der Waals surface area contributed by atoms with Crippen LogP contribution in [0.15, 0.2) is 43.0 Å². The van der Waals surface area contributed by atoms with E-state index in [0.717, 1.165) is 12.7 Å². The quantitative estimate of drug-likeness (QED) is 0.163. The summed E-state index contributed by atoms with van der Waals surface area (Å²) in [5.41, 5.74) is -4.56. The molecule has 18 heteroatoms. The number of halogens is 4. The number of aliphatic hydroxyl groups is 1. The zero-order valence-corrected chi connectivity index (χ0v) is 23.7. The number of hydrogen-bond donors (Lipinski definition) is 3. The fourth-order valence-corrected chi connectivity index (χ4v) is 5.68. The third-order valence-corrected chi connectivity index (χ3v) is 7.81. The van der Waals surface area contributed by atoms with Gasteiger partial charge >= 0.3 is 19.9 Å². The lowest BCUT2D eigenvalue weighted by molar-refractivity contribution is -0.273. The Hall–Kier alpha value is -3.37. The normalized spacial score (nSPS) is 24.9. The van der Waals surface area contributed by atoms with Crippen molar-refractivity contribution >= 4 is 30.7 Å². The summed E-state index contributed by atoms with van der Waals surface area (Å²) >= 11 is 0. The third-order valence-electron chi connectivity index (χ3n) is 6.16. The van der Waals surface area contributed by atoms with Gasteiger partial charge in [-0.25, -0.2) is 23.9 Å². The predicted octanol–water partition coefficient (Wildman–Crippen LogP) is 3.53. The molecule has 0 unspecified atom stereocenters. The van der Waals surface area contributed by atoms with Crippen LogP contribution in [0, 0.1) is 0 Å². The number of ether oxygens (including phenoxy) is 2. The molecule has 230 valence electrons. The molecule has 1 aromatic carbocycles. The largest absolute Gasteiger partial charge is 0.462 e. The summed E-state index contributed by atoms with van der Waals surface area (Å²) < 4.78 is 94.2. The van der Waals surface area contributed by atoms with Gasteiger partial charge in [0.05, 0.1) is 19.0 Å². The van der Waals surface area contributed by atoms with Crippen molar-refractivity contribution in [3.63, 3.8) is 0 Å².